The number of amides is 1. The molecule has 0 fully saturated rings. The van der Waals surface area contributed by atoms with Gasteiger partial charge in [0, 0.05) is 23.9 Å². The van der Waals surface area contributed by atoms with Crippen LogP contribution in [0, 0.1) is 0 Å². The molecule has 0 aliphatic rings. The Hall–Kier alpha value is -3.12. The van der Waals surface area contributed by atoms with Gasteiger partial charge in [-0.05, 0) is 43.4 Å². The van der Waals surface area contributed by atoms with E-state index in [1.165, 1.54) is 6.07 Å². The molecule has 0 saturated carbocycles. The monoisotopic (exact) mass is 366 g/mol. The number of para-hydroxylation sites is 1. The summed E-state index contributed by atoms with van der Waals surface area (Å²) >= 11 is 0. The molecule has 3 rings (SSSR count). The van der Waals surface area contributed by atoms with Crippen molar-refractivity contribution in [3.63, 3.8) is 0 Å². The topological polar surface area (TPSA) is 82.8 Å². The number of fused-ring (bicyclic) bond motifs is 1. The summed E-state index contributed by atoms with van der Waals surface area (Å²) in [5.41, 5.74) is 1.34. The third-order valence-corrected chi connectivity index (χ3v) is 4.48. The van der Waals surface area contributed by atoms with Crippen LogP contribution in [-0.2, 0) is 6.54 Å². The minimum absolute atomic E-state index is 0.0583. The van der Waals surface area contributed by atoms with Gasteiger partial charge in [0.25, 0.3) is 5.91 Å². The number of phenols is 1. The van der Waals surface area contributed by atoms with Gasteiger partial charge in [0.15, 0.2) is 11.2 Å². The number of anilines is 1. The summed E-state index contributed by atoms with van der Waals surface area (Å²) in [6.45, 7) is 6.39. The van der Waals surface area contributed by atoms with Gasteiger partial charge < -0.3 is 14.8 Å². The zero-order chi connectivity index (χ0) is 19.4. The van der Waals surface area contributed by atoms with Gasteiger partial charge >= 0.3 is 0 Å². The highest BCUT2D eigenvalue weighted by Crippen LogP contribution is 2.23. The lowest BCUT2D eigenvalue weighted by Gasteiger charge is -2.19. The van der Waals surface area contributed by atoms with Crippen molar-refractivity contribution in [1.29, 1.82) is 0 Å². The molecule has 2 N–H and O–H groups in total. The van der Waals surface area contributed by atoms with E-state index in [1.54, 1.807) is 42.5 Å². The summed E-state index contributed by atoms with van der Waals surface area (Å²) in [4.78, 5) is 26.8. The average Bonchev–Trinajstić information content (AvgIpc) is 2.68. The Morgan fingerprint density at radius 2 is 1.85 bits per heavy atom. The van der Waals surface area contributed by atoms with E-state index in [9.17, 15) is 14.7 Å². The Labute approximate surface area is 157 Å². The van der Waals surface area contributed by atoms with Crippen molar-refractivity contribution in [2.75, 3.05) is 18.4 Å². The van der Waals surface area contributed by atoms with Crippen LogP contribution >= 0.6 is 0 Å². The van der Waals surface area contributed by atoms with Crippen molar-refractivity contribution in [3.05, 3.63) is 70.1 Å². The maximum atomic E-state index is 12.5. The maximum absolute atomic E-state index is 12.5. The standard InChI is InChI=1S/C21H22N2O4/c1-3-23(4-2)13-14-11-15(9-10-17(14)24)22-21(26)20-12-18(25)16-7-5-6-8-19(16)27-20/h5-12,24H,3-4,13H2,1-2H3,(H,22,26). The number of phenolic OH excluding ortho intramolecular Hbond substituents is 1. The number of hydrogen-bond acceptors (Lipinski definition) is 5. The molecule has 27 heavy (non-hydrogen) atoms. The summed E-state index contributed by atoms with van der Waals surface area (Å²) in [6.07, 6.45) is 0. The SMILES string of the molecule is CCN(CC)Cc1cc(NC(=O)c2cc(=O)c3ccccc3o2)ccc1O. The number of carbonyl (C=O) groups excluding carboxylic acids is 1. The van der Waals surface area contributed by atoms with E-state index in [4.69, 9.17) is 4.42 Å². The van der Waals surface area contributed by atoms with Crippen molar-refractivity contribution in [2.24, 2.45) is 0 Å². The minimum Gasteiger partial charge on any atom is -0.508 e. The second kappa shape index (κ2) is 8.05. The normalized spacial score (nSPS) is 11.1. The molecule has 6 heteroatoms. The first kappa shape index (κ1) is 18.7. The minimum atomic E-state index is -0.516. The van der Waals surface area contributed by atoms with Gasteiger partial charge in [-0.3, -0.25) is 14.5 Å². The predicted molar refractivity (Wildman–Crippen MR) is 105 cm³/mol. The lowest BCUT2D eigenvalue weighted by molar-refractivity contribution is 0.0997. The van der Waals surface area contributed by atoms with E-state index in [2.05, 4.69) is 10.2 Å². The summed E-state index contributed by atoms with van der Waals surface area (Å²) < 4.78 is 5.56. The molecule has 0 aliphatic carbocycles. The molecular formula is C21H22N2O4. The van der Waals surface area contributed by atoms with E-state index in [0.717, 1.165) is 18.7 Å². The van der Waals surface area contributed by atoms with Crippen LogP contribution in [0.1, 0.15) is 30.0 Å². The number of rotatable bonds is 6. The first-order valence-corrected chi connectivity index (χ1v) is 8.90. The highest BCUT2D eigenvalue weighted by molar-refractivity contribution is 6.03. The molecule has 0 bridgehead atoms. The fraction of sp³-hybridized carbons (Fsp3) is 0.238. The number of nitrogens with zero attached hydrogens (tertiary/aromatic N) is 1. The van der Waals surface area contributed by atoms with Crippen LogP contribution in [0.2, 0.25) is 0 Å². The lowest BCUT2D eigenvalue weighted by atomic mass is 10.1. The van der Waals surface area contributed by atoms with E-state index >= 15 is 0 Å². The smallest absolute Gasteiger partial charge is 0.291 e. The van der Waals surface area contributed by atoms with Crippen molar-refractivity contribution in [2.45, 2.75) is 20.4 Å². The fourth-order valence-corrected chi connectivity index (χ4v) is 2.89. The number of aromatic hydroxyl groups is 1. The Balaban J connectivity index is 1.85. The zero-order valence-electron chi connectivity index (χ0n) is 15.4. The largest absolute Gasteiger partial charge is 0.508 e. The second-order valence-corrected chi connectivity index (χ2v) is 6.23. The first-order chi connectivity index (χ1) is 13.0. The van der Waals surface area contributed by atoms with Gasteiger partial charge in [-0.15, -0.1) is 0 Å². The van der Waals surface area contributed by atoms with Crippen LogP contribution in [0.15, 0.2) is 57.7 Å². The van der Waals surface area contributed by atoms with Crippen molar-refractivity contribution in [3.8, 4) is 5.75 Å². The van der Waals surface area contributed by atoms with Crippen molar-refractivity contribution >= 4 is 22.6 Å². The number of nitrogens with one attached hydrogen (secondary N) is 1. The van der Waals surface area contributed by atoms with Gasteiger partial charge in [-0.2, -0.15) is 0 Å². The van der Waals surface area contributed by atoms with Crippen molar-refractivity contribution in [1.82, 2.24) is 4.90 Å². The summed E-state index contributed by atoms with van der Waals surface area (Å²) in [5.74, 6) is -0.397. The molecule has 0 aliphatic heterocycles. The summed E-state index contributed by atoms with van der Waals surface area (Å²) in [5, 5.41) is 13.2. The highest BCUT2D eigenvalue weighted by Gasteiger charge is 2.14. The van der Waals surface area contributed by atoms with E-state index in [1.807, 2.05) is 13.8 Å². The van der Waals surface area contributed by atoms with Crippen molar-refractivity contribution < 1.29 is 14.3 Å². The Morgan fingerprint density at radius 3 is 2.59 bits per heavy atom. The summed E-state index contributed by atoms with van der Waals surface area (Å²) in [7, 11) is 0. The molecule has 6 nitrogen and oxygen atoms in total. The van der Waals surface area contributed by atoms with E-state index in [0.29, 0.717) is 23.2 Å². The molecule has 2 aromatic carbocycles. The van der Waals surface area contributed by atoms with Gasteiger partial charge in [-0.25, -0.2) is 0 Å². The van der Waals surface area contributed by atoms with Crippen LogP contribution in [0.25, 0.3) is 11.0 Å². The molecule has 1 amide bonds. The molecule has 0 spiro atoms. The van der Waals surface area contributed by atoms with Gasteiger partial charge in [0.1, 0.15) is 11.3 Å². The Kier molecular flexibility index (Phi) is 5.57. The molecule has 0 unspecified atom stereocenters. The van der Waals surface area contributed by atoms with Crippen LogP contribution < -0.4 is 10.7 Å². The number of hydrogen-bond donors (Lipinski definition) is 2. The quantitative estimate of drug-likeness (QED) is 0.652. The summed E-state index contributed by atoms with van der Waals surface area (Å²) in [6, 6.07) is 12.9. The maximum Gasteiger partial charge on any atom is 0.291 e. The molecule has 1 heterocycles. The third kappa shape index (κ3) is 4.17. The fourth-order valence-electron chi connectivity index (χ4n) is 2.89. The molecular weight excluding hydrogens is 344 g/mol. The lowest BCUT2D eigenvalue weighted by Crippen LogP contribution is -2.22. The number of carbonyl (C=O) groups is 1. The molecule has 0 saturated heterocycles. The Morgan fingerprint density at radius 1 is 1.11 bits per heavy atom. The van der Waals surface area contributed by atoms with E-state index < -0.39 is 5.91 Å². The van der Waals surface area contributed by atoms with Gasteiger partial charge in [0.05, 0.1) is 5.39 Å². The van der Waals surface area contributed by atoms with Crippen LogP contribution in [-0.4, -0.2) is 29.0 Å². The van der Waals surface area contributed by atoms with E-state index in [-0.39, 0.29) is 16.9 Å². The van der Waals surface area contributed by atoms with Gasteiger partial charge in [0.2, 0.25) is 0 Å². The molecule has 0 atom stereocenters. The third-order valence-electron chi connectivity index (χ3n) is 4.48. The Bertz CT molecular complexity index is 1020. The average molecular weight is 366 g/mol. The molecule has 1 aromatic heterocycles. The molecule has 0 radical (unpaired) electrons. The van der Waals surface area contributed by atoms with Gasteiger partial charge in [-0.1, -0.05) is 26.0 Å². The van der Waals surface area contributed by atoms with Crippen LogP contribution in [0.4, 0.5) is 5.69 Å². The first-order valence-electron chi connectivity index (χ1n) is 8.90. The second-order valence-electron chi connectivity index (χ2n) is 6.23. The van der Waals surface area contributed by atoms with Crippen LogP contribution in [0.3, 0.4) is 0 Å². The predicted octanol–water partition coefficient (Wildman–Crippen LogP) is 3.59. The highest BCUT2D eigenvalue weighted by atomic mass is 16.3. The molecule has 3 aromatic rings. The molecule has 140 valence electrons. The zero-order valence-corrected chi connectivity index (χ0v) is 15.4. The van der Waals surface area contributed by atoms with Crippen LogP contribution in [0.5, 0.6) is 5.75 Å². The number of benzene rings is 2.